The third kappa shape index (κ3) is 3.34. The molecule has 1 rings (SSSR count). The summed E-state index contributed by atoms with van der Waals surface area (Å²) in [5.41, 5.74) is 1.56. The van der Waals surface area contributed by atoms with Crippen LogP contribution in [0, 0.1) is 0 Å². The SMILES string of the molecule is CN[C@@H](C)C(=O)Nc1ccc(CO)cc1. The number of carbonyl (C=O) groups excluding carboxylic acids is 1. The summed E-state index contributed by atoms with van der Waals surface area (Å²) in [6.45, 7) is 1.80. The molecule has 1 amide bonds. The van der Waals surface area contributed by atoms with Crippen molar-refractivity contribution in [3.63, 3.8) is 0 Å². The smallest absolute Gasteiger partial charge is 0.241 e. The maximum atomic E-state index is 11.5. The Morgan fingerprint density at radius 3 is 2.47 bits per heavy atom. The van der Waals surface area contributed by atoms with Crippen LogP contribution < -0.4 is 10.6 Å². The standard InChI is InChI=1S/C11H16N2O2/c1-8(12-2)11(15)13-10-5-3-9(7-14)4-6-10/h3-6,8,12,14H,7H2,1-2H3,(H,13,15)/t8-/m0/s1. The lowest BCUT2D eigenvalue weighted by molar-refractivity contribution is -0.117. The molecule has 0 saturated heterocycles. The second-order valence-corrected chi connectivity index (χ2v) is 3.35. The fourth-order valence-electron chi connectivity index (χ4n) is 1.08. The van der Waals surface area contributed by atoms with Crippen LogP contribution in [0.3, 0.4) is 0 Å². The van der Waals surface area contributed by atoms with E-state index < -0.39 is 0 Å². The minimum absolute atomic E-state index is 0.0150. The van der Waals surface area contributed by atoms with Crippen LogP contribution in [0.25, 0.3) is 0 Å². The fraction of sp³-hybridized carbons (Fsp3) is 0.364. The van der Waals surface area contributed by atoms with E-state index in [-0.39, 0.29) is 18.6 Å². The lowest BCUT2D eigenvalue weighted by Gasteiger charge is -2.11. The van der Waals surface area contributed by atoms with Gasteiger partial charge in [-0.1, -0.05) is 12.1 Å². The zero-order chi connectivity index (χ0) is 11.3. The number of nitrogens with one attached hydrogen (secondary N) is 2. The maximum Gasteiger partial charge on any atom is 0.241 e. The first-order valence-corrected chi connectivity index (χ1v) is 4.85. The number of aliphatic hydroxyl groups is 1. The van der Waals surface area contributed by atoms with Crippen LogP contribution in [-0.2, 0) is 11.4 Å². The quantitative estimate of drug-likeness (QED) is 0.683. The molecular weight excluding hydrogens is 192 g/mol. The molecule has 0 bridgehead atoms. The highest BCUT2D eigenvalue weighted by Crippen LogP contribution is 2.09. The molecule has 1 aromatic carbocycles. The molecule has 0 fully saturated rings. The molecule has 0 aliphatic carbocycles. The van der Waals surface area contributed by atoms with Crippen molar-refractivity contribution in [3.8, 4) is 0 Å². The van der Waals surface area contributed by atoms with E-state index in [1.54, 1.807) is 38.2 Å². The molecule has 0 aliphatic rings. The summed E-state index contributed by atoms with van der Waals surface area (Å²) in [5, 5.41) is 14.5. The van der Waals surface area contributed by atoms with Gasteiger partial charge in [0, 0.05) is 5.69 Å². The largest absolute Gasteiger partial charge is 0.392 e. The zero-order valence-electron chi connectivity index (χ0n) is 8.95. The summed E-state index contributed by atoms with van der Waals surface area (Å²) in [5.74, 6) is -0.0748. The van der Waals surface area contributed by atoms with Gasteiger partial charge in [0.25, 0.3) is 0 Å². The van der Waals surface area contributed by atoms with E-state index in [0.29, 0.717) is 0 Å². The van der Waals surface area contributed by atoms with Gasteiger partial charge in [-0.05, 0) is 31.7 Å². The van der Waals surface area contributed by atoms with Gasteiger partial charge in [-0.25, -0.2) is 0 Å². The Bertz CT molecular complexity index is 322. The third-order valence-electron chi connectivity index (χ3n) is 2.23. The van der Waals surface area contributed by atoms with E-state index >= 15 is 0 Å². The van der Waals surface area contributed by atoms with E-state index in [4.69, 9.17) is 5.11 Å². The topological polar surface area (TPSA) is 61.4 Å². The molecule has 15 heavy (non-hydrogen) atoms. The lowest BCUT2D eigenvalue weighted by atomic mass is 10.2. The van der Waals surface area contributed by atoms with E-state index in [9.17, 15) is 4.79 Å². The van der Waals surface area contributed by atoms with Crippen LogP contribution in [0.4, 0.5) is 5.69 Å². The average Bonchev–Trinajstić information content (AvgIpc) is 2.29. The Labute approximate surface area is 89.3 Å². The average molecular weight is 208 g/mol. The maximum absolute atomic E-state index is 11.5. The molecule has 4 nitrogen and oxygen atoms in total. The molecule has 0 saturated carbocycles. The number of hydrogen-bond donors (Lipinski definition) is 3. The minimum Gasteiger partial charge on any atom is -0.392 e. The number of rotatable bonds is 4. The molecule has 0 unspecified atom stereocenters. The molecule has 4 heteroatoms. The molecule has 0 heterocycles. The second kappa shape index (κ2) is 5.48. The van der Waals surface area contributed by atoms with Gasteiger partial charge in [0.2, 0.25) is 5.91 Å². The summed E-state index contributed by atoms with van der Waals surface area (Å²) in [6.07, 6.45) is 0. The molecule has 0 radical (unpaired) electrons. The van der Waals surface area contributed by atoms with Crippen molar-refractivity contribution in [2.45, 2.75) is 19.6 Å². The Kier molecular flexibility index (Phi) is 4.27. The van der Waals surface area contributed by atoms with Crippen molar-refractivity contribution >= 4 is 11.6 Å². The Balaban J connectivity index is 2.61. The highest BCUT2D eigenvalue weighted by Gasteiger charge is 2.09. The van der Waals surface area contributed by atoms with E-state index in [0.717, 1.165) is 11.3 Å². The first-order chi connectivity index (χ1) is 7.17. The zero-order valence-corrected chi connectivity index (χ0v) is 8.95. The molecule has 1 atom stereocenters. The van der Waals surface area contributed by atoms with Crippen LogP contribution in [0.1, 0.15) is 12.5 Å². The predicted octanol–water partition coefficient (Wildman–Crippen LogP) is 0.725. The number of aliphatic hydroxyl groups excluding tert-OH is 1. The monoisotopic (exact) mass is 208 g/mol. The normalized spacial score (nSPS) is 12.2. The van der Waals surface area contributed by atoms with Crippen molar-refractivity contribution in [2.24, 2.45) is 0 Å². The van der Waals surface area contributed by atoms with Crippen LogP contribution in [0.5, 0.6) is 0 Å². The van der Waals surface area contributed by atoms with Gasteiger partial charge in [-0.2, -0.15) is 0 Å². The van der Waals surface area contributed by atoms with E-state index in [2.05, 4.69) is 10.6 Å². The van der Waals surface area contributed by atoms with Gasteiger partial charge in [0.1, 0.15) is 0 Å². The first kappa shape index (κ1) is 11.7. The minimum atomic E-state index is -0.220. The lowest BCUT2D eigenvalue weighted by Crippen LogP contribution is -2.35. The van der Waals surface area contributed by atoms with Gasteiger partial charge in [0.15, 0.2) is 0 Å². The number of benzene rings is 1. The number of hydrogen-bond acceptors (Lipinski definition) is 3. The van der Waals surface area contributed by atoms with Crippen LogP contribution in [0.15, 0.2) is 24.3 Å². The fourth-order valence-corrected chi connectivity index (χ4v) is 1.08. The summed E-state index contributed by atoms with van der Waals surface area (Å²) < 4.78 is 0. The molecule has 0 spiro atoms. The molecule has 82 valence electrons. The van der Waals surface area contributed by atoms with Gasteiger partial charge in [-0.15, -0.1) is 0 Å². The number of amides is 1. The van der Waals surface area contributed by atoms with Gasteiger partial charge >= 0.3 is 0 Å². The van der Waals surface area contributed by atoms with Crippen molar-refractivity contribution in [3.05, 3.63) is 29.8 Å². The highest BCUT2D eigenvalue weighted by atomic mass is 16.3. The Hall–Kier alpha value is -1.39. The van der Waals surface area contributed by atoms with Crippen LogP contribution in [0.2, 0.25) is 0 Å². The van der Waals surface area contributed by atoms with Gasteiger partial charge < -0.3 is 15.7 Å². The summed E-state index contributed by atoms with van der Waals surface area (Å²) in [6, 6.07) is 6.87. The Morgan fingerprint density at radius 2 is 2.00 bits per heavy atom. The summed E-state index contributed by atoms with van der Waals surface area (Å²) in [4.78, 5) is 11.5. The Morgan fingerprint density at radius 1 is 1.40 bits per heavy atom. The summed E-state index contributed by atoms with van der Waals surface area (Å²) >= 11 is 0. The van der Waals surface area contributed by atoms with Crippen molar-refractivity contribution in [1.82, 2.24) is 5.32 Å². The van der Waals surface area contributed by atoms with Crippen LogP contribution >= 0.6 is 0 Å². The van der Waals surface area contributed by atoms with Crippen molar-refractivity contribution < 1.29 is 9.90 Å². The molecule has 0 aromatic heterocycles. The predicted molar refractivity (Wildman–Crippen MR) is 59.5 cm³/mol. The number of anilines is 1. The van der Waals surface area contributed by atoms with Gasteiger partial charge in [0.05, 0.1) is 12.6 Å². The van der Waals surface area contributed by atoms with E-state index in [1.165, 1.54) is 0 Å². The number of likely N-dealkylation sites (N-methyl/N-ethyl adjacent to an activating group) is 1. The van der Waals surface area contributed by atoms with Crippen molar-refractivity contribution in [2.75, 3.05) is 12.4 Å². The number of carbonyl (C=O) groups is 1. The molecule has 3 N–H and O–H groups in total. The third-order valence-corrected chi connectivity index (χ3v) is 2.23. The molecular formula is C11H16N2O2. The van der Waals surface area contributed by atoms with Crippen molar-refractivity contribution in [1.29, 1.82) is 0 Å². The summed E-state index contributed by atoms with van der Waals surface area (Å²) in [7, 11) is 1.74. The second-order valence-electron chi connectivity index (χ2n) is 3.35. The highest BCUT2D eigenvalue weighted by molar-refractivity contribution is 5.94. The molecule has 0 aliphatic heterocycles. The van der Waals surface area contributed by atoms with Crippen LogP contribution in [-0.4, -0.2) is 24.1 Å². The molecule has 1 aromatic rings. The van der Waals surface area contributed by atoms with Gasteiger partial charge in [-0.3, -0.25) is 4.79 Å². The first-order valence-electron chi connectivity index (χ1n) is 4.85. The van der Waals surface area contributed by atoms with E-state index in [1.807, 2.05) is 0 Å².